The van der Waals surface area contributed by atoms with Crippen molar-refractivity contribution in [2.75, 3.05) is 5.32 Å². The summed E-state index contributed by atoms with van der Waals surface area (Å²) in [6, 6.07) is 14.8. The molecular weight excluding hydrogens is 376 g/mol. The van der Waals surface area contributed by atoms with Crippen molar-refractivity contribution in [3.05, 3.63) is 76.7 Å². The van der Waals surface area contributed by atoms with E-state index in [-0.39, 0.29) is 5.91 Å². The van der Waals surface area contributed by atoms with Crippen LogP contribution in [0.1, 0.15) is 16.1 Å². The third kappa shape index (κ3) is 4.46. The molecule has 1 aromatic carbocycles. The number of carbonyl (C=O) groups is 1. The molecule has 0 saturated heterocycles. The van der Waals surface area contributed by atoms with Gasteiger partial charge in [0.2, 0.25) is 0 Å². The van der Waals surface area contributed by atoms with E-state index in [2.05, 4.69) is 26.2 Å². The van der Waals surface area contributed by atoms with Gasteiger partial charge in [0.1, 0.15) is 0 Å². The van der Waals surface area contributed by atoms with Crippen molar-refractivity contribution < 1.29 is 9.21 Å². The van der Waals surface area contributed by atoms with Crippen LogP contribution >= 0.6 is 27.7 Å². The number of amides is 1. The van der Waals surface area contributed by atoms with Crippen LogP contribution in [0.4, 0.5) is 5.69 Å². The highest BCUT2D eigenvalue weighted by Gasteiger charge is 2.12. The lowest BCUT2D eigenvalue weighted by molar-refractivity contribution is 0.0992. The number of anilines is 1. The van der Waals surface area contributed by atoms with E-state index in [4.69, 9.17) is 4.42 Å². The highest BCUT2D eigenvalue weighted by molar-refractivity contribution is 9.10. The van der Waals surface area contributed by atoms with Gasteiger partial charge in [0, 0.05) is 28.3 Å². The van der Waals surface area contributed by atoms with Gasteiger partial charge in [-0.2, -0.15) is 0 Å². The van der Waals surface area contributed by atoms with E-state index in [1.54, 1.807) is 18.5 Å². The lowest BCUT2D eigenvalue weighted by Crippen LogP contribution is -2.10. The molecule has 1 amide bonds. The fourth-order valence-electron chi connectivity index (χ4n) is 1.88. The fraction of sp³-hybridized carbons (Fsp3) is 0.0588. The second-order valence-corrected chi connectivity index (χ2v) is 6.62. The van der Waals surface area contributed by atoms with Gasteiger partial charge in [0.25, 0.3) is 5.91 Å². The molecule has 0 aliphatic heterocycles. The van der Waals surface area contributed by atoms with Crippen LogP contribution in [-0.4, -0.2) is 10.9 Å². The second-order valence-electron chi connectivity index (χ2n) is 4.72. The molecule has 0 spiro atoms. The van der Waals surface area contributed by atoms with E-state index in [1.807, 2.05) is 42.5 Å². The van der Waals surface area contributed by atoms with Gasteiger partial charge in [0.15, 0.2) is 10.9 Å². The Bertz CT molecular complexity index is 788. The molecule has 0 bridgehead atoms. The molecule has 0 radical (unpaired) electrons. The summed E-state index contributed by atoms with van der Waals surface area (Å²) >= 11 is 4.90. The number of benzene rings is 1. The number of nitrogens with zero attached hydrogens (tertiary/aromatic N) is 1. The topological polar surface area (TPSA) is 55.1 Å². The van der Waals surface area contributed by atoms with Crippen molar-refractivity contribution in [1.29, 1.82) is 0 Å². The molecule has 3 aromatic rings. The second kappa shape index (κ2) is 7.48. The molecule has 2 heterocycles. The van der Waals surface area contributed by atoms with Crippen LogP contribution in [0.25, 0.3) is 0 Å². The maximum Gasteiger partial charge on any atom is 0.291 e. The number of nitrogens with one attached hydrogen (secondary N) is 1. The van der Waals surface area contributed by atoms with Gasteiger partial charge in [-0.3, -0.25) is 9.78 Å². The van der Waals surface area contributed by atoms with Crippen LogP contribution in [0.2, 0.25) is 0 Å². The molecular formula is C17H13BrN2O2S. The third-order valence-corrected chi connectivity index (χ3v) is 4.55. The summed E-state index contributed by atoms with van der Waals surface area (Å²) in [5.41, 5.74) is 1.88. The van der Waals surface area contributed by atoms with E-state index < -0.39 is 0 Å². The van der Waals surface area contributed by atoms with Crippen LogP contribution in [-0.2, 0) is 5.75 Å². The predicted molar refractivity (Wildman–Crippen MR) is 94.6 cm³/mol. The minimum absolute atomic E-state index is 0.261. The first-order chi connectivity index (χ1) is 11.2. The highest BCUT2D eigenvalue weighted by Crippen LogP contribution is 2.25. The van der Waals surface area contributed by atoms with Crippen molar-refractivity contribution in [3.63, 3.8) is 0 Å². The molecule has 2 aromatic heterocycles. The van der Waals surface area contributed by atoms with Gasteiger partial charge in [-0.1, -0.05) is 27.7 Å². The van der Waals surface area contributed by atoms with Gasteiger partial charge in [0.05, 0.1) is 0 Å². The quantitative estimate of drug-likeness (QED) is 0.626. The zero-order chi connectivity index (χ0) is 16.1. The first-order valence-electron chi connectivity index (χ1n) is 6.89. The summed E-state index contributed by atoms with van der Waals surface area (Å²) < 4.78 is 6.55. The first-order valence-corrected chi connectivity index (χ1v) is 8.67. The normalized spacial score (nSPS) is 10.5. The Kier molecular flexibility index (Phi) is 5.15. The Labute approximate surface area is 146 Å². The molecule has 6 heteroatoms. The Hall–Kier alpha value is -2.05. The molecule has 4 nitrogen and oxygen atoms in total. The van der Waals surface area contributed by atoms with Gasteiger partial charge in [-0.25, -0.2) is 0 Å². The van der Waals surface area contributed by atoms with E-state index in [0.717, 1.165) is 21.5 Å². The molecule has 1 N–H and O–H groups in total. The van der Waals surface area contributed by atoms with Crippen molar-refractivity contribution in [2.45, 2.75) is 10.8 Å². The number of aromatic nitrogens is 1. The van der Waals surface area contributed by atoms with Crippen molar-refractivity contribution >= 4 is 39.3 Å². The van der Waals surface area contributed by atoms with Gasteiger partial charge in [-0.05, 0) is 54.1 Å². The van der Waals surface area contributed by atoms with Crippen LogP contribution in [0, 0.1) is 0 Å². The maximum atomic E-state index is 12.2. The minimum Gasteiger partial charge on any atom is -0.445 e. The standard InChI is InChI=1S/C17H13BrN2O2S/c18-13-1-3-14(4-2-13)20-17(21)15-5-6-16(22-15)23-11-12-7-9-19-10-8-12/h1-10H,11H2,(H,20,21). The molecule has 116 valence electrons. The molecule has 0 aliphatic carbocycles. The largest absolute Gasteiger partial charge is 0.445 e. The summed E-state index contributed by atoms with van der Waals surface area (Å²) in [4.78, 5) is 16.1. The Morgan fingerprint density at radius 1 is 1.09 bits per heavy atom. The van der Waals surface area contributed by atoms with Gasteiger partial charge in [-0.15, -0.1) is 0 Å². The minimum atomic E-state index is -0.261. The van der Waals surface area contributed by atoms with Crippen LogP contribution in [0.5, 0.6) is 0 Å². The summed E-state index contributed by atoms with van der Waals surface area (Å²) in [5, 5.41) is 3.51. The van der Waals surface area contributed by atoms with Crippen LogP contribution < -0.4 is 5.32 Å². The number of hydrogen-bond acceptors (Lipinski definition) is 4. The van der Waals surface area contributed by atoms with E-state index >= 15 is 0 Å². The van der Waals surface area contributed by atoms with Crippen molar-refractivity contribution in [3.8, 4) is 0 Å². The lowest BCUT2D eigenvalue weighted by Gasteiger charge is -2.03. The smallest absolute Gasteiger partial charge is 0.291 e. The molecule has 0 unspecified atom stereocenters. The SMILES string of the molecule is O=C(Nc1ccc(Br)cc1)c1ccc(SCc2ccncc2)o1. The monoisotopic (exact) mass is 388 g/mol. The van der Waals surface area contributed by atoms with Crippen molar-refractivity contribution in [2.24, 2.45) is 0 Å². The predicted octanol–water partition coefficient (Wildman–Crippen LogP) is 4.98. The van der Waals surface area contributed by atoms with Crippen LogP contribution in [0.3, 0.4) is 0 Å². The Morgan fingerprint density at radius 3 is 2.57 bits per heavy atom. The number of thioether (sulfide) groups is 1. The molecule has 0 fully saturated rings. The van der Waals surface area contributed by atoms with Gasteiger partial charge < -0.3 is 9.73 Å². The highest BCUT2D eigenvalue weighted by atomic mass is 79.9. The van der Waals surface area contributed by atoms with E-state index in [1.165, 1.54) is 11.8 Å². The molecule has 3 rings (SSSR count). The summed E-state index contributed by atoms with van der Waals surface area (Å²) in [5.74, 6) is 0.803. The lowest BCUT2D eigenvalue weighted by atomic mass is 10.3. The fourth-order valence-corrected chi connectivity index (χ4v) is 2.96. The number of halogens is 1. The number of rotatable bonds is 5. The number of furan rings is 1. The van der Waals surface area contributed by atoms with E-state index in [0.29, 0.717) is 10.9 Å². The summed E-state index contributed by atoms with van der Waals surface area (Å²) in [7, 11) is 0. The number of hydrogen-bond donors (Lipinski definition) is 1. The van der Waals surface area contributed by atoms with Crippen molar-refractivity contribution in [1.82, 2.24) is 4.98 Å². The average Bonchev–Trinajstić information content (AvgIpc) is 3.05. The Morgan fingerprint density at radius 2 is 1.83 bits per heavy atom. The third-order valence-electron chi connectivity index (χ3n) is 3.04. The van der Waals surface area contributed by atoms with E-state index in [9.17, 15) is 4.79 Å². The Balaban J connectivity index is 1.59. The number of pyridine rings is 1. The zero-order valence-electron chi connectivity index (χ0n) is 12.0. The first kappa shape index (κ1) is 15.8. The molecule has 0 aliphatic rings. The summed E-state index contributed by atoms with van der Waals surface area (Å²) in [6.07, 6.45) is 3.52. The average molecular weight is 389 g/mol. The molecule has 23 heavy (non-hydrogen) atoms. The maximum absolute atomic E-state index is 12.2. The molecule has 0 atom stereocenters. The zero-order valence-corrected chi connectivity index (χ0v) is 14.4. The molecule has 0 saturated carbocycles. The number of carbonyl (C=O) groups excluding carboxylic acids is 1. The van der Waals surface area contributed by atoms with Crippen LogP contribution in [0.15, 0.2) is 74.9 Å². The van der Waals surface area contributed by atoms with Gasteiger partial charge >= 0.3 is 0 Å². The summed E-state index contributed by atoms with van der Waals surface area (Å²) in [6.45, 7) is 0.